The summed E-state index contributed by atoms with van der Waals surface area (Å²) in [6.45, 7) is 0. The highest BCUT2D eigenvalue weighted by Gasteiger charge is 2.37. The Morgan fingerprint density at radius 1 is 0.339 bits per heavy atom. The Bertz CT molecular complexity index is 2630. The Morgan fingerprint density at radius 2 is 0.696 bits per heavy atom. The van der Waals surface area contributed by atoms with Crippen molar-refractivity contribution in [3.63, 3.8) is 0 Å². The second kappa shape index (κ2) is 13.3. The van der Waals surface area contributed by atoms with E-state index in [9.17, 15) is 0 Å². The molecule has 8 aromatic rings. The van der Waals surface area contributed by atoms with Gasteiger partial charge in [-0.1, -0.05) is 109 Å². The zero-order chi connectivity index (χ0) is 38.0. The summed E-state index contributed by atoms with van der Waals surface area (Å²) in [4.78, 5) is 26.0. The first-order valence-electron chi connectivity index (χ1n) is 18.8. The van der Waals surface area contributed by atoms with E-state index in [-0.39, 0.29) is 0 Å². The van der Waals surface area contributed by atoms with E-state index in [2.05, 4.69) is 174 Å². The average molecular weight is 764 g/mol. The van der Waals surface area contributed by atoms with Crippen LogP contribution in [0.25, 0.3) is 34.2 Å². The second-order valence-electron chi connectivity index (χ2n) is 14.9. The van der Waals surface area contributed by atoms with Gasteiger partial charge in [-0.2, -0.15) is 20.1 Å². The minimum Gasteiger partial charge on any atom is -0.308 e. The number of para-hydroxylation sites is 4. The third-order valence-electron chi connectivity index (χ3n) is 11.0. The molecule has 0 radical (unpaired) electrons. The largest absolute Gasteiger partial charge is 0.308 e. The molecule has 274 valence electrons. The monoisotopic (exact) mass is 763 g/mol. The first kappa shape index (κ1) is 34.3. The van der Waals surface area contributed by atoms with E-state index in [0.717, 1.165) is 28.1 Å². The van der Waals surface area contributed by atoms with Gasteiger partial charge < -0.3 is 9.80 Å². The highest BCUT2D eigenvalue weighted by atomic mass is 32.3. The first-order valence-corrected chi connectivity index (χ1v) is 23.7. The van der Waals surface area contributed by atoms with Crippen LogP contribution in [0.5, 0.6) is 0 Å². The number of fused-ring (bicyclic) bond motifs is 4. The second-order valence-corrected chi connectivity index (χ2v) is 22.0. The normalized spacial score (nSPS) is 15.8. The minimum absolute atomic E-state index is 0.617. The summed E-state index contributed by atoms with van der Waals surface area (Å²) in [5, 5.41) is 0. The lowest BCUT2D eigenvalue weighted by molar-refractivity contribution is 1.07. The number of rotatable bonds is 5. The fourth-order valence-corrected chi connectivity index (χ4v) is 13.2. The molecule has 2 aliphatic heterocycles. The standard InChI is InChI=1S/C49H41N5S2/c1-55(2)43-27-15-11-23-39(43)53(40-24-12-16-28-44(40)55)36-31-32-38(54-41-25-13-17-29-45(41)56(3,4)46-30-18-14-26-42(46)54)37(33-36)49-51-47(34-19-7-5-8-20-34)50-48(52-49)35-21-9-6-10-22-35/h5-33H,1-4H3. The summed E-state index contributed by atoms with van der Waals surface area (Å²) in [5.74, 6) is 1.89. The van der Waals surface area contributed by atoms with Gasteiger partial charge in [0, 0.05) is 42.0 Å². The molecule has 5 nitrogen and oxygen atoms in total. The van der Waals surface area contributed by atoms with E-state index in [1.165, 1.54) is 42.3 Å². The van der Waals surface area contributed by atoms with Crippen molar-refractivity contribution in [2.75, 3.05) is 34.8 Å². The molecule has 0 saturated carbocycles. The maximum absolute atomic E-state index is 5.34. The maximum Gasteiger partial charge on any atom is 0.166 e. The molecule has 0 aliphatic carbocycles. The molecule has 0 bridgehead atoms. The fourth-order valence-electron chi connectivity index (χ4n) is 8.29. The van der Waals surface area contributed by atoms with Crippen LogP contribution in [0.15, 0.2) is 196 Å². The molecule has 7 aromatic carbocycles. The van der Waals surface area contributed by atoms with E-state index in [0.29, 0.717) is 17.5 Å². The van der Waals surface area contributed by atoms with Crippen LogP contribution >= 0.6 is 20.1 Å². The van der Waals surface area contributed by atoms with Gasteiger partial charge in [-0.05, 0) is 91.8 Å². The predicted octanol–water partition coefficient (Wildman–Crippen LogP) is 13.4. The predicted molar refractivity (Wildman–Crippen MR) is 237 cm³/mol. The summed E-state index contributed by atoms with van der Waals surface area (Å²) in [5.41, 5.74) is 9.63. The highest BCUT2D eigenvalue weighted by molar-refractivity contribution is 8.33. The molecule has 0 amide bonds. The molecule has 7 heteroatoms. The van der Waals surface area contributed by atoms with E-state index >= 15 is 0 Å². The van der Waals surface area contributed by atoms with Crippen LogP contribution in [-0.2, 0) is 0 Å². The number of hydrogen-bond acceptors (Lipinski definition) is 5. The lowest BCUT2D eigenvalue weighted by Gasteiger charge is -2.46. The number of nitrogens with zero attached hydrogens (tertiary/aromatic N) is 5. The highest BCUT2D eigenvalue weighted by Crippen LogP contribution is 2.69. The van der Waals surface area contributed by atoms with Gasteiger partial charge >= 0.3 is 0 Å². The number of benzene rings is 7. The van der Waals surface area contributed by atoms with Crippen LogP contribution in [0.3, 0.4) is 0 Å². The van der Waals surface area contributed by atoms with Crippen LogP contribution in [0.4, 0.5) is 34.1 Å². The van der Waals surface area contributed by atoms with Crippen LogP contribution in [0.2, 0.25) is 0 Å². The smallest absolute Gasteiger partial charge is 0.166 e. The van der Waals surface area contributed by atoms with Crippen molar-refractivity contribution in [3.05, 3.63) is 176 Å². The molecule has 0 saturated heterocycles. The minimum atomic E-state index is -1.30. The molecule has 0 unspecified atom stereocenters. The van der Waals surface area contributed by atoms with E-state index in [4.69, 9.17) is 15.0 Å². The van der Waals surface area contributed by atoms with Gasteiger partial charge in [0.05, 0.1) is 28.4 Å². The van der Waals surface area contributed by atoms with Crippen molar-refractivity contribution in [2.24, 2.45) is 0 Å². The van der Waals surface area contributed by atoms with Crippen molar-refractivity contribution in [1.82, 2.24) is 15.0 Å². The lowest BCUT2D eigenvalue weighted by atomic mass is 10.0. The van der Waals surface area contributed by atoms with Gasteiger partial charge in [0.1, 0.15) is 0 Å². The molecule has 0 atom stereocenters. The van der Waals surface area contributed by atoms with Gasteiger partial charge in [0.25, 0.3) is 0 Å². The van der Waals surface area contributed by atoms with Crippen molar-refractivity contribution >= 4 is 54.2 Å². The number of anilines is 6. The Labute approximate surface area is 332 Å². The zero-order valence-corrected chi connectivity index (χ0v) is 33.4. The molecule has 1 aromatic heterocycles. The zero-order valence-electron chi connectivity index (χ0n) is 31.8. The molecule has 56 heavy (non-hydrogen) atoms. The van der Waals surface area contributed by atoms with Crippen LogP contribution in [0.1, 0.15) is 0 Å². The van der Waals surface area contributed by atoms with Gasteiger partial charge in [-0.15, -0.1) is 0 Å². The van der Waals surface area contributed by atoms with Crippen molar-refractivity contribution < 1.29 is 0 Å². The quantitative estimate of drug-likeness (QED) is 0.175. The Balaban J connectivity index is 1.28. The van der Waals surface area contributed by atoms with E-state index in [1.807, 2.05) is 36.4 Å². The van der Waals surface area contributed by atoms with Crippen LogP contribution in [-0.4, -0.2) is 40.0 Å². The van der Waals surface area contributed by atoms with Gasteiger partial charge in [0.15, 0.2) is 17.5 Å². The molecule has 10 rings (SSSR count). The van der Waals surface area contributed by atoms with Crippen molar-refractivity contribution in [3.8, 4) is 34.2 Å². The first-order chi connectivity index (χ1) is 27.3. The van der Waals surface area contributed by atoms with Crippen LogP contribution < -0.4 is 9.80 Å². The number of hydrogen-bond donors (Lipinski definition) is 0. The topological polar surface area (TPSA) is 45.2 Å². The third kappa shape index (κ3) is 5.45. The van der Waals surface area contributed by atoms with Gasteiger partial charge in [0.2, 0.25) is 0 Å². The average Bonchev–Trinajstić information content (AvgIpc) is 3.25. The summed E-state index contributed by atoms with van der Waals surface area (Å²) in [7, 11) is -2.56. The SMILES string of the molecule is CS1(C)c2ccccc2N(c2ccc(N3c4ccccc4S(C)(C)c4ccccc43)c(-c3nc(-c4ccccc4)nc(-c4ccccc4)n3)c2)c2ccccc21. The Morgan fingerprint density at radius 3 is 1.12 bits per heavy atom. The molecule has 0 spiro atoms. The summed E-state index contributed by atoms with van der Waals surface area (Å²) >= 11 is 0. The maximum atomic E-state index is 5.34. The third-order valence-corrected chi connectivity index (χ3v) is 16.8. The van der Waals surface area contributed by atoms with E-state index < -0.39 is 20.1 Å². The molecular formula is C49H41N5S2. The van der Waals surface area contributed by atoms with Crippen molar-refractivity contribution in [2.45, 2.75) is 19.6 Å². The molecule has 0 N–H and O–H groups in total. The lowest BCUT2D eigenvalue weighted by Crippen LogP contribution is -2.22. The summed E-state index contributed by atoms with van der Waals surface area (Å²) < 4.78 is 0. The fraction of sp³-hybridized carbons (Fsp3) is 0.0816. The molecular weight excluding hydrogens is 723 g/mol. The summed E-state index contributed by atoms with van der Waals surface area (Å²) in [6.07, 6.45) is 9.63. The Hall–Kier alpha value is -6.15. The van der Waals surface area contributed by atoms with E-state index in [1.54, 1.807) is 0 Å². The van der Waals surface area contributed by atoms with Crippen LogP contribution in [0, 0.1) is 0 Å². The van der Waals surface area contributed by atoms with Gasteiger partial charge in [-0.25, -0.2) is 15.0 Å². The summed E-state index contributed by atoms with van der Waals surface area (Å²) in [6, 6.07) is 62.9. The molecule has 3 heterocycles. The Kier molecular flexibility index (Phi) is 8.13. The molecule has 2 aliphatic rings. The number of aromatic nitrogens is 3. The molecule has 0 fully saturated rings. The van der Waals surface area contributed by atoms with Crippen molar-refractivity contribution in [1.29, 1.82) is 0 Å². The van der Waals surface area contributed by atoms with Gasteiger partial charge in [-0.3, -0.25) is 0 Å².